The van der Waals surface area contributed by atoms with E-state index < -0.39 is 21.5 Å². The Morgan fingerprint density at radius 2 is 1.86 bits per heavy atom. The summed E-state index contributed by atoms with van der Waals surface area (Å²) < 4.78 is 27.1. The number of aromatic nitrogens is 4. The summed E-state index contributed by atoms with van der Waals surface area (Å²) in [4.78, 5) is 16.4. The second-order valence-corrected chi connectivity index (χ2v) is 8.76. The van der Waals surface area contributed by atoms with Gasteiger partial charge in [-0.05, 0) is 42.7 Å². The summed E-state index contributed by atoms with van der Waals surface area (Å²) in [6.45, 7) is 6.27. The molecule has 3 aromatic rings. The topological polar surface area (TPSA) is 107 Å². The number of rotatable bonds is 7. The van der Waals surface area contributed by atoms with Crippen LogP contribution in [0.25, 0.3) is 11.4 Å². The van der Waals surface area contributed by atoms with Gasteiger partial charge >= 0.3 is 0 Å². The van der Waals surface area contributed by atoms with Crippen LogP contribution < -0.4 is 5.32 Å². The molecule has 1 amide bonds. The number of carbonyl (C=O) groups excluding carboxylic acids is 1. The van der Waals surface area contributed by atoms with E-state index in [-0.39, 0.29) is 5.16 Å². The minimum Gasteiger partial charge on any atom is -0.325 e. The highest BCUT2D eigenvalue weighted by molar-refractivity contribution is 7.92. The van der Waals surface area contributed by atoms with E-state index in [0.717, 1.165) is 5.56 Å². The largest absolute Gasteiger partial charge is 0.325 e. The van der Waals surface area contributed by atoms with Gasteiger partial charge in [0.15, 0.2) is 5.82 Å². The molecule has 0 spiro atoms. The first-order valence-electron chi connectivity index (χ1n) is 9.28. The zero-order valence-corrected chi connectivity index (χ0v) is 17.3. The minimum absolute atomic E-state index is 0.232. The van der Waals surface area contributed by atoms with Crippen molar-refractivity contribution in [2.24, 2.45) is 0 Å². The molecule has 0 radical (unpaired) electrons. The minimum atomic E-state index is -3.97. The number of carbonyl (C=O) groups is 1. The smallest absolute Gasteiger partial charge is 0.250 e. The Hall–Kier alpha value is -3.07. The molecule has 0 aliphatic heterocycles. The molecule has 0 fully saturated rings. The van der Waals surface area contributed by atoms with E-state index in [9.17, 15) is 13.2 Å². The van der Waals surface area contributed by atoms with Crippen LogP contribution in [0.15, 0.2) is 53.9 Å². The molecule has 0 saturated carbocycles. The van der Waals surface area contributed by atoms with Crippen LogP contribution in [0.2, 0.25) is 0 Å². The normalized spacial score (nSPS) is 11.6. The molecule has 2 aromatic heterocycles. The molecule has 8 nitrogen and oxygen atoms in total. The summed E-state index contributed by atoms with van der Waals surface area (Å²) in [5.74, 6) is -0.585. The summed E-state index contributed by atoms with van der Waals surface area (Å²) in [5, 5.41) is 10.2. The Morgan fingerprint density at radius 3 is 2.45 bits per heavy atom. The lowest BCUT2D eigenvalue weighted by molar-refractivity contribution is -0.113. The Bertz CT molecular complexity index is 1090. The highest BCUT2D eigenvalue weighted by Gasteiger charge is 2.27. The van der Waals surface area contributed by atoms with Gasteiger partial charge in [0.05, 0.1) is 0 Å². The standard InChI is InChI=1S/C20H23N5O3S/c1-4-25-19(16-6-5-11-21-12-16)23-24-20(25)29(27,28)13-18(26)22-17-9-7-15(8-10-17)14(2)3/h5-12,14H,4,13H2,1-3H3,(H,22,26). The number of nitrogens with zero attached hydrogens (tertiary/aromatic N) is 4. The third kappa shape index (κ3) is 4.68. The summed E-state index contributed by atoms with van der Waals surface area (Å²) in [7, 11) is -3.97. The second-order valence-electron chi connectivity index (χ2n) is 6.88. The van der Waals surface area contributed by atoms with Crippen molar-refractivity contribution < 1.29 is 13.2 Å². The number of sulfone groups is 1. The average Bonchev–Trinajstić information content (AvgIpc) is 3.13. The molecule has 3 rings (SSSR count). The van der Waals surface area contributed by atoms with Crippen molar-refractivity contribution >= 4 is 21.4 Å². The molecule has 0 unspecified atom stereocenters. The number of nitrogens with one attached hydrogen (secondary N) is 1. The third-order valence-corrected chi connectivity index (χ3v) is 5.91. The molecule has 9 heteroatoms. The van der Waals surface area contributed by atoms with Gasteiger partial charge in [-0.2, -0.15) is 0 Å². The molecule has 0 bridgehead atoms. The first-order valence-corrected chi connectivity index (χ1v) is 10.9. The van der Waals surface area contributed by atoms with E-state index in [2.05, 4.69) is 34.3 Å². The van der Waals surface area contributed by atoms with Gasteiger partial charge in [0.25, 0.3) is 5.16 Å². The molecule has 0 atom stereocenters. The van der Waals surface area contributed by atoms with Gasteiger partial charge in [0.1, 0.15) is 5.75 Å². The average molecular weight is 414 g/mol. The second kappa shape index (κ2) is 8.52. The van der Waals surface area contributed by atoms with Gasteiger partial charge < -0.3 is 5.32 Å². The zero-order valence-electron chi connectivity index (χ0n) is 16.5. The van der Waals surface area contributed by atoms with Crippen LogP contribution >= 0.6 is 0 Å². The van der Waals surface area contributed by atoms with E-state index in [1.54, 1.807) is 43.6 Å². The fraction of sp³-hybridized carbons (Fsp3) is 0.300. The van der Waals surface area contributed by atoms with Crippen molar-refractivity contribution in [2.45, 2.75) is 38.4 Å². The molecule has 1 N–H and O–H groups in total. The van der Waals surface area contributed by atoms with Gasteiger partial charge in [-0.1, -0.05) is 26.0 Å². The number of anilines is 1. The Kier molecular flexibility index (Phi) is 6.07. The van der Waals surface area contributed by atoms with Crippen molar-refractivity contribution in [1.29, 1.82) is 0 Å². The van der Waals surface area contributed by atoms with Gasteiger partial charge in [0.2, 0.25) is 15.7 Å². The van der Waals surface area contributed by atoms with Gasteiger partial charge in [-0.15, -0.1) is 10.2 Å². The molecule has 0 saturated heterocycles. The number of benzene rings is 1. The van der Waals surface area contributed by atoms with E-state index in [0.29, 0.717) is 29.5 Å². The molecule has 0 aliphatic rings. The van der Waals surface area contributed by atoms with Crippen LogP contribution in [-0.4, -0.2) is 39.8 Å². The maximum absolute atomic E-state index is 12.8. The monoisotopic (exact) mass is 413 g/mol. The van der Waals surface area contributed by atoms with E-state index in [1.807, 2.05) is 12.1 Å². The highest BCUT2D eigenvalue weighted by atomic mass is 32.2. The first-order chi connectivity index (χ1) is 13.8. The quantitative estimate of drug-likeness (QED) is 0.638. The maximum Gasteiger partial charge on any atom is 0.250 e. The van der Waals surface area contributed by atoms with Crippen LogP contribution in [0.5, 0.6) is 0 Å². The summed E-state index contributed by atoms with van der Waals surface area (Å²) in [6, 6.07) is 10.8. The lowest BCUT2D eigenvalue weighted by atomic mass is 10.0. The molecule has 1 aromatic carbocycles. The van der Waals surface area contributed by atoms with Crippen LogP contribution in [0.4, 0.5) is 5.69 Å². The fourth-order valence-electron chi connectivity index (χ4n) is 2.90. The number of amides is 1. The number of pyridine rings is 1. The van der Waals surface area contributed by atoms with E-state index in [4.69, 9.17) is 0 Å². The Morgan fingerprint density at radius 1 is 1.14 bits per heavy atom. The zero-order chi connectivity index (χ0) is 21.0. The van der Waals surface area contributed by atoms with Crippen LogP contribution in [-0.2, 0) is 21.2 Å². The van der Waals surface area contributed by atoms with E-state index in [1.165, 1.54) is 4.57 Å². The van der Waals surface area contributed by atoms with E-state index >= 15 is 0 Å². The predicted molar refractivity (Wildman–Crippen MR) is 110 cm³/mol. The summed E-state index contributed by atoms with van der Waals surface area (Å²) >= 11 is 0. The molecule has 29 heavy (non-hydrogen) atoms. The van der Waals surface area contributed by atoms with Crippen molar-refractivity contribution in [1.82, 2.24) is 19.7 Å². The summed E-state index contributed by atoms with van der Waals surface area (Å²) in [5.41, 5.74) is 2.33. The maximum atomic E-state index is 12.8. The van der Waals surface area contributed by atoms with Gasteiger partial charge in [-0.25, -0.2) is 8.42 Å². The summed E-state index contributed by atoms with van der Waals surface area (Å²) in [6.07, 6.45) is 3.20. The Labute approximate surface area is 169 Å². The lowest BCUT2D eigenvalue weighted by Crippen LogP contribution is -2.25. The molecule has 0 aliphatic carbocycles. The van der Waals surface area contributed by atoms with Crippen molar-refractivity contribution in [2.75, 3.05) is 11.1 Å². The molecular formula is C20H23N5O3S. The molecule has 2 heterocycles. The van der Waals surface area contributed by atoms with Crippen LogP contribution in [0.1, 0.15) is 32.3 Å². The first kappa shape index (κ1) is 20.7. The van der Waals surface area contributed by atoms with Crippen LogP contribution in [0, 0.1) is 0 Å². The number of hydrogen-bond donors (Lipinski definition) is 1. The molecule has 152 valence electrons. The lowest BCUT2D eigenvalue weighted by Gasteiger charge is -2.10. The third-order valence-electron chi connectivity index (χ3n) is 4.41. The van der Waals surface area contributed by atoms with Gasteiger partial charge in [-0.3, -0.25) is 14.3 Å². The predicted octanol–water partition coefficient (Wildman–Crippen LogP) is 2.90. The van der Waals surface area contributed by atoms with Gasteiger partial charge in [0, 0.05) is 30.2 Å². The van der Waals surface area contributed by atoms with Crippen LogP contribution in [0.3, 0.4) is 0 Å². The number of hydrogen-bond acceptors (Lipinski definition) is 6. The Balaban J connectivity index is 1.79. The fourth-order valence-corrected chi connectivity index (χ4v) is 4.16. The SMILES string of the molecule is CCn1c(-c2cccnc2)nnc1S(=O)(=O)CC(=O)Nc1ccc(C(C)C)cc1. The highest BCUT2D eigenvalue weighted by Crippen LogP contribution is 2.21. The molecular weight excluding hydrogens is 390 g/mol. The van der Waals surface area contributed by atoms with Crippen molar-refractivity contribution in [3.05, 3.63) is 54.4 Å². The van der Waals surface area contributed by atoms with Crippen molar-refractivity contribution in [3.8, 4) is 11.4 Å². The van der Waals surface area contributed by atoms with Crippen molar-refractivity contribution in [3.63, 3.8) is 0 Å².